The third-order valence-corrected chi connectivity index (χ3v) is 6.27. The van der Waals surface area contributed by atoms with Crippen LogP contribution in [0.25, 0.3) is 0 Å². The van der Waals surface area contributed by atoms with Crippen molar-refractivity contribution in [2.75, 3.05) is 19.6 Å². The van der Waals surface area contributed by atoms with Crippen molar-refractivity contribution in [2.45, 2.75) is 78.0 Å². The van der Waals surface area contributed by atoms with Gasteiger partial charge >= 0.3 is 0 Å². The van der Waals surface area contributed by atoms with E-state index in [-0.39, 0.29) is 24.0 Å². The number of aryl methyl sites for hydroxylation is 2. The smallest absolute Gasteiger partial charge is 0.191 e. The van der Waals surface area contributed by atoms with E-state index in [2.05, 4.69) is 56.8 Å². The second-order valence-corrected chi connectivity index (χ2v) is 8.79. The molecular weight excluding hydrogens is 513 g/mol. The van der Waals surface area contributed by atoms with E-state index < -0.39 is 0 Å². The molecule has 1 aromatic carbocycles. The Bertz CT molecular complexity index is 871. The molecule has 0 aliphatic carbocycles. The second kappa shape index (κ2) is 12.5. The first-order valence-corrected chi connectivity index (χ1v) is 12.0. The Morgan fingerprint density at radius 2 is 1.88 bits per heavy atom. The lowest BCUT2D eigenvalue weighted by Gasteiger charge is -2.25. The number of benzene rings is 1. The summed E-state index contributed by atoms with van der Waals surface area (Å²) in [4.78, 5) is 12.1. The van der Waals surface area contributed by atoms with Crippen LogP contribution in [0, 0.1) is 6.92 Å². The molecule has 2 aliphatic rings. The van der Waals surface area contributed by atoms with Crippen LogP contribution >= 0.6 is 24.0 Å². The lowest BCUT2D eigenvalue weighted by atomic mass is 10.1. The van der Waals surface area contributed by atoms with Gasteiger partial charge in [-0.05, 0) is 57.3 Å². The third-order valence-electron chi connectivity index (χ3n) is 6.27. The molecule has 1 saturated heterocycles. The standard InChI is InChI=1S/C24H37N7.HI/c1-3-25-24(28-22-12-13-23-27-19(2)29-31(23)18-22)26-16-20-10-6-7-11-21(20)17-30-14-8-4-5-9-15-30;/h6-7,10-11,22H,3-5,8-9,12-18H2,1-2H3,(H2,25,26,28);1H. The van der Waals surface area contributed by atoms with Crippen LogP contribution in [0.1, 0.15) is 61.8 Å². The molecular formula is C24H38IN7. The fraction of sp³-hybridized carbons (Fsp3) is 0.625. The van der Waals surface area contributed by atoms with Gasteiger partial charge in [0, 0.05) is 25.6 Å². The first kappa shape index (κ1) is 25.0. The Morgan fingerprint density at radius 3 is 2.62 bits per heavy atom. The lowest BCUT2D eigenvalue weighted by Crippen LogP contribution is -2.47. The Balaban J connectivity index is 0.00000289. The zero-order chi connectivity index (χ0) is 21.5. The summed E-state index contributed by atoms with van der Waals surface area (Å²) in [5, 5.41) is 11.6. The van der Waals surface area contributed by atoms with Gasteiger partial charge < -0.3 is 10.6 Å². The molecule has 32 heavy (non-hydrogen) atoms. The van der Waals surface area contributed by atoms with Gasteiger partial charge in [-0.25, -0.2) is 14.7 Å². The average molecular weight is 552 g/mol. The third kappa shape index (κ3) is 6.91. The predicted molar refractivity (Wildman–Crippen MR) is 140 cm³/mol. The van der Waals surface area contributed by atoms with Gasteiger partial charge in [-0.2, -0.15) is 5.10 Å². The monoisotopic (exact) mass is 551 g/mol. The summed E-state index contributed by atoms with van der Waals surface area (Å²) in [6, 6.07) is 9.10. The van der Waals surface area contributed by atoms with Gasteiger partial charge in [-0.15, -0.1) is 24.0 Å². The minimum atomic E-state index is 0. The van der Waals surface area contributed by atoms with Crippen molar-refractivity contribution in [2.24, 2.45) is 4.99 Å². The Kier molecular flexibility index (Phi) is 9.77. The van der Waals surface area contributed by atoms with Gasteiger partial charge in [-0.3, -0.25) is 4.90 Å². The second-order valence-electron chi connectivity index (χ2n) is 8.79. The molecule has 2 aliphatic heterocycles. The van der Waals surface area contributed by atoms with Gasteiger partial charge in [0.15, 0.2) is 5.96 Å². The molecule has 4 rings (SSSR count). The molecule has 0 amide bonds. The van der Waals surface area contributed by atoms with Gasteiger partial charge in [-0.1, -0.05) is 37.1 Å². The highest BCUT2D eigenvalue weighted by atomic mass is 127. The minimum Gasteiger partial charge on any atom is -0.357 e. The largest absolute Gasteiger partial charge is 0.357 e. The van der Waals surface area contributed by atoms with Crippen molar-refractivity contribution in [1.29, 1.82) is 0 Å². The highest BCUT2D eigenvalue weighted by Crippen LogP contribution is 2.17. The Morgan fingerprint density at radius 1 is 1.12 bits per heavy atom. The number of aliphatic imine (C=N–C) groups is 1. The molecule has 2 N–H and O–H groups in total. The zero-order valence-electron chi connectivity index (χ0n) is 19.5. The van der Waals surface area contributed by atoms with Crippen molar-refractivity contribution < 1.29 is 0 Å². The number of guanidine groups is 1. The van der Waals surface area contributed by atoms with E-state index in [1.807, 2.05) is 11.6 Å². The van der Waals surface area contributed by atoms with Gasteiger partial charge in [0.25, 0.3) is 0 Å². The van der Waals surface area contributed by atoms with Crippen LogP contribution in [-0.2, 0) is 26.1 Å². The summed E-state index contributed by atoms with van der Waals surface area (Å²) in [6.45, 7) is 9.92. The highest BCUT2D eigenvalue weighted by Gasteiger charge is 2.21. The summed E-state index contributed by atoms with van der Waals surface area (Å²) in [5.74, 6) is 2.84. The van der Waals surface area contributed by atoms with Crippen molar-refractivity contribution in [3.63, 3.8) is 0 Å². The quantitative estimate of drug-likeness (QED) is 0.326. The van der Waals surface area contributed by atoms with Gasteiger partial charge in [0.2, 0.25) is 0 Å². The molecule has 0 bridgehead atoms. The number of aromatic nitrogens is 3. The fourth-order valence-corrected chi connectivity index (χ4v) is 4.63. The molecule has 1 atom stereocenters. The van der Waals surface area contributed by atoms with Gasteiger partial charge in [0.1, 0.15) is 11.6 Å². The maximum Gasteiger partial charge on any atom is 0.191 e. The molecule has 1 aromatic heterocycles. The Hall–Kier alpha value is -1.68. The fourth-order valence-electron chi connectivity index (χ4n) is 4.63. The molecule has 0 saturated carbocycles. The van der Waals surface area contributed by atoms with Crippen molar-refractivity contribution in [3.05, 3.63) is 47.0 Å². The van der Waals surface area contributed by atoms with Crippen molar-refractivity contribution in [1.82, 2.24) is 30.3 Å². The average Bonchev–Trinajstić information content (AvgIpc) is 2.95. The molecule has 7 nitrogen and oxygen atoms in total. The lowest BCUT2D eigenvalue weighted by molar-refractivity contribution is 0.276. The van der Waals surface area contributed by atoms with Crippen LogP contribution in [0.15, 0.2) is 29.3 Å². The molecule has 8 heteroatoms. The topological polar surface area (TPSA) is 70.4 Å². The number of fused-ring (bicyclic) bond motifs is 1. The van der Waals surface area contributed by atoms with E-state index in [0.717, 1.165) is 50.1 Å². The van der Waals surface area contributed by atoms with Gasteiger partial charge in [0.05, 0.1) is 13.1 Å². The normalized spacial score (nSPS) is 19.6. The molecule has 176 valence electrons. The molecule has 0 radical (unpaired) electrons. The SMILES string of the molecule is CCNC(=NCc1ccccc1CN1CCCCCC1)NC1CCc2nc(C)nn2C1.I. The van der Waals surface area contributed by atoms with E-state index in [0.29, 0.717) is 12.6 Å². The summed E-state index contributed by atoms with van der Waals surface area (Å²) in [7, 11) is 0. The van der Waals surface area contributed by atoms with Crippen LogP contribution in [0.5, 0.6) is 0 Å². The Labute approximate surface area is 209 Å². The van der Waals surface area contributed by atoms with Crippen LogP contribution in [0.2, 0.25) is 0 Å². The highest BCUT2D eigenvalue weighted by molar-refractivity contribution is 14.0. The zero-order valence-corrected chi connectivity index (χ0v) is 21.8. The van der Waals surface area contributed by atoms with E-state index >= 15 is 0 Å². The van der Waals surface area contributed by atoms with E-state index in [1.165, 1.54) is 49.9 Å². The molecule has 0 spiro atoms. The van der Waals surface area contributed by atoms with Crippen LogP contribution in [0.3, 0.4) is 0 Å². The summed E-state index contributed by atoms with van der Waals surface area (Å²) >= 11 is 0. The molecule has 3 heterocycles. The van der Waals surface area contributed by atoms with E-state index in [4.69, 9.17) is 4.99 Å². The molecule has 2 aromatic rings. The van der Waals surface area contributed by atoms with E-state index in [9.17, 15) is 0 Å². The summed E-state index contributed by atoms with van der Waals surface area (Å²) < 4.78 is 2.04. The maximum absolute atomic E-state index is 4.94. The maximum atomic E-state index is 4.94. The summed E-state index contributed by atoms with van der Waals surface area (Å²) in [5.41, 5.74) is 2.73. The number of nitrogens with zero attached hydrogens (tertiary/aromatic N) is 5. The van der Waals surface area contributed by atoms with Crippen LogP contribution in [0.4, 0.5) is 0 Å². The summed E-state index contributed by atoms with van der Waals surface area (Å²) in [6.07, 6.45) is 7.39. The number of nitrogens with one attached hydrogen (secondary N) is 2. The predicted octanol–water partition coefficient (Wildman–Crippen LogP) is 3.65. The number of likely N-dealkylation sites (tertiary alicyclic amines) is 1. The first-order chi connectivity index (χ1) is 15.2. The van der Waals surface area contributed by atoms with Crippen LogP contribution in [-0.4, -0.2) is 51.3 Å². The van der Waals surface area contributed by atoms with Crippen molar-refractivity contribution >= 4 is 29.9 Å². The number of halogens is 1. The number of rotatable bonds is 6. The molecule has 1 fully saturated rings. The van der Waals surface area contributed by atoms with E-state index in [1.54, 1.807) is 0 Å². The number of hydrogen-bond donors (Lipinski definition) is 2. The van der Waals surface area contributed by atoms with Crippen molar-refractivity contribution in [3.8, 4) is 0 Å². The molecule has 1 unspecified atom stereocenters. The van der Waals surface area contributed by atoms with Crippen LogP contribution < -0.4 is 10.6 Å². The number of hydrogen-bond acceptors (Lipinski definition) is 4. The first-order valence-electron chi connectivity index (χ1n) is 12.0. The minimum absolute atomic E-state index is 0.